The minimum Gasteiger partial charge on any atom is -0.493 e. The molecule has 2 heterocycles. The molecule has 0 fully saturated rings. The molecule has 0 spiro atoms. The molecule has 0 bridgehead atoms. The number of nitrogens with zero attached hydrogens (tertiary/aromatic N) is 2. The minimum absolute atomic E-state index is 0.0648. The van der Waals surface area contributed by atoms with Gasteiger partial charge in [-0.3, -0.25) is 9.80 Å². The van der Waals surface area contributed by atoms with Gasteiger partial charge in [-0.1, -0.05) is 6.07 Å². The lowest BCUT2D eigenvalue weighted by Crippen LogP contribution is -2.36. The highest BCUT2D eigenvalue weighted by Gasteiger charge is 2.40. The van der Waals surface area contributed by atoms with Crippen LogP contribution in [0.5, 0.6) is 57.5 Å². The Morgan fingerprint density at radius 2 is 1.19 bits per heavy atom. The zero-order valence-electron chi connectivity index (χ0n) is 32.4. The lowest BCUT2D eigenvalue weighted by atomic mass is 9.76. The fourth-order valence-corrected chi connectivity index (χ4v) is 8.57. The van der Waals surface area contributed by atoms with Crippen molar-refractivity contribution in [3.05, 3.63) is 69.8 Å². The topological polar surface area (TPSA) is 89.6 Å². The molecule has 282 valence electrons. The van der Waals surface area contributed by atoms with Crippen LogP contribution in [-0.2, 0) is 25.7 Å². The summed E-state index contributed by atoms with van der Waals surface area (Å²) in [4.78, 5) is 4.77. The summed E-state index contributed by atoms with van der Waals surface area (Å²) in [5.41, 5.74) is 8.89. The molecule has 7 rings (SSSR count). The van der Waals surface area contributed by atoms with Crippen molar-refractivity contribution < 1.29 is 42.6 Å². The molecule has 0 radical (unpaired) electrons. The predicted octanol–water partition coefficient (Wildman–Crippen LogP) is 7.07. The van der Waals surface area contributed by atoms with Crippen molar-refractivity contribution in [1.82, 2.24) is 9.80 Å². The summed E-state index contributed by atoms with van der Waals surface area (Å²) >= 11 is 0. The van der Waals surface area contributed by atoms with Crippen molar-refractivity contribution in [2.75, 3.05) is 84.1 Å². The van der Waals surface area contributed by atoms with E-state index in [0.29, 0.717) is 52.4 Å². The third kappa shape index (κ3) is 5.99. The van der Waals surface area contributed by atoms with Crippen LogP contribution in [0.25, 0.3) is 11.1 Å². The number of methoxy groups -OCH3 is 8. The summed E-state index contributed by atoms with van der Waals surface area (Å²) in [6, 6.07) is 12.5. The summed E-state index contributed by atoms with van der Waals surface area (Å²) in [7, 11) is 17.6. The van der Waals surface area contributed by atoms with Crippen molar-refractivity contribution in [2.24, 2.45) is 0 Å². The standard InChI is InChI=1S/C42H50N2O9/c1-43-15-13-23-19-32(46-4)33(47-5)21-27(23)29(43)17-24-11-12-31(45-3)40(38(24)49-7)53-35-20-25-18-30-36-26(14-16-44(30)2)39(50-8)42(52-10)41(51-9)37(36)28(25)22-34(35)48-6/h11-12,19-22,29-30H,13-18H2,1-10H3/t29-,30+/m0/s1. The quantitative estimate of drug-likeness (QED) is 0.150. The first-order chi connectivity index (χ1) is 25.7. The van der Waals surface area contributed by atoms with E-state index in [1.54, 1.807) is 56.9 Å². The molecular weight excluding hydrogens is 676 g/mol. The van der Waals surface area contributed by atoms with E-state index in [1.807, 2.05) is 12.1 Å². The third-order valence-electron chi connectivity index (χ3n) is 11.2. The molecule has 11 nitrogen and oxygen atoms in total. The zero-order chi connectivity index (χ0) is 37.6. The Hall–Kier alpha value is -5.00. The van der Waals surface area contributed by atoms with Crippen LogP contribution < -0.4 is 42.6 Å². The largest absolute Gasteiger partial charge is 0.493 e. The van der Waals surface area contributed by atoms with Crippen LogP contribution in [0.2, 0.25) is 0 Å². The number of rotatable bonds is 12. The molecule has 1 aliphatic carbocycles. The van der Waals surface area contributed by atoms with Crippen LogP contribution >= 0.6 is 0 Å². The van der Waals surface area contributed by atoms with Gasteiger partial charge in [0.25, 0.3) is 0 Å². The Balaban J connectivity index is 1.33. The Bertz CT molecular complexity index is 2030. The smallest absolute Gasteiger partial charge is 0.211 e. The average Bonchev–Trinajstić information content (AvgIpc) is 3.18. The van der Waals surface area contributed by atoms with Gasteiger partial charge in [-0.05, 0) is 97.9 Å². The molecule has 4 aromatic carbocycles. The van der Waals surface area contributed by atoms with Gasteiger partial charge in [-0.25, -0.2) is 0 Å². The van der Waals surface area contributed by atoms with Crippen LogP contribution in [0.3, 0.4) is 0 Å². The third-order valence-corrected chi connectivity index (χ3v) is 11.2. The van der Waals surface area contributed by atoms with Gasteiger partial charge in [0, 0.05) is 41.9 Å². The van der Waals surface area contributed by atoms with Gasteiger partial charge in [0.1, 0.15) is 0 Å². The number of benzene rings is 4. The first-order valence-electron chi connectivity index (χ1n) is 17.9. The van der Waals surface area contributed by atoms with E-state index < -0.39 is 0 Å². The van der Waals surface area contributed by atoms with E-state index in [9.17, 15) is 0 Å². The fraction of sp³-hybridized carbons (Fsp3) is 0.429. The summed E-state index contributed by atoms with van der Waals surface area (Å²) < 4.78 is 54.2. The van der Waals surface area contributed by atoms with Crippen molar-refractivity contribution in [2.45, 2.75) is 37.8 Å². The maximum Gasteiger partial charge on any atom is 0.211 e. The summed E-state index contributed by atoms with van der Waals surface area (Å²) in [5, 5.41) is 0. The number of likely N-dealkylation sites (N-methyl/N-ethyl adjacent to an activating group) is 2. The molecule has 4 aromatic rings. The zero-order valence-corrected chi connectivity index (χ0v) is 32.4. The summed E-state index contributed by atoms with van der Waals surface area (Å²) in [5.74, 6) is 6.17. The second kappa shape index (κ2) is 14.8. The predicted molar refractivity (Wildman–Crippen MR) is 203 cm³/mol. The lowest BCUT2D eigenvalue weighted by molar-refractivity contribution is 0.222. The SMILES string of the molecule is COc1cc2c(cc1OC)[C@H](Cc1ccc(OC)c(Oc3cc4c(cc3OC)-c3c(OC)c(OC)c(OC)c5c3[C@@H](C4)N(C)CC5)c1OC)N(C)CC2. The van der Waals surface area contributed by atoms with E-state index in [4.69, 9.17) is 42.6 Å². The maximum atomic E-state index is 6.85. The Kier molecular flexibility index (Phi) is 10.1. The molecule has 0 N–H and O–H groups in total. The second-order valence-electron chi connectivity index (χ2n) is 13.7. The second-order valence-corrected chi connectivity index (χ2v) is 13.7. The van der Waals surface area contributed by atoms with Crippen LogP contribution in [0.15, 0.2) is 36.4 Å². The van der Waals surface area contributed by atoms with Crippen LogP contribution in [0, 0.1) is 0 Å². The van der Waals surface area contributed by atoms with E-state index >= 15 is 0 Å². The van der Waals surface area contributed by atoms with Gasteiger partial charge >= 0.3 is 0 Å². The van der Waals surface area contributed by atoms with Gasteiger partial charge in [-0.2, -0.15) is 0 Å². The molecule has 0 amide bonds. The highest BCUT2D eigenvalue weighted by Crippen LogP contribution is 2.58. The molecule has 11 heteroatoms. The summed E-state index contributed by atoms with van der Waals surface area (Å²) in [6.07, 6.45) is 3.19. The van der Waals surface area contributed by atoms with Crippen LogP contribution in [-0.4, -0.2) is 93.9 Å². The lowest BCUT2D eigenvalue weighted by Gasteiger charge is -2.41. The Morgan fingerprint density at radius 1 is 0.566 bits per heavy atom. The molecule has 0 unspecified atom stereocenters. The van der Waals surface area contributed by atoms with Gasteiger partial charge < -0.3 is 42.6 Å². The molecule has 2 aliphatic heterocycles. The van der Waals surface area contributed by atoms with E-state index in [2.05, 4.69) is 48.2 Å². The maximum absolute atomic E-state index is 6.85. The molecule has 3 aliphatic rings. The molecule has 0 saturated heterocycles. The molecule has 0 saturated carbocycles. The average molecular weight is 727 g/mol. The fourth-order valence-electron chi connectivity index (χ4n) is 8.57. The molecule has 0 aromatic heterocycles. The monoisotopic (exact) mass is 726 g/mol. The van der Waals surface area contributed by atoms with Crippen molar-refractivity contribution >= 4 is 0 Å². The first kappa shape index (κ1) is 36.4. The van der Waals surface area contributed by atoms with Gasteiger partial charge in [0.2, 0.25) is 11.5 Å². The van der Waals surface area contributed by atoms with E-state index in [-0.39, 0.29) is 12.1 Å². The number of ether oxygens (including phenoxy) is 9. The van der Waals surface area contributed by atoms with E-state index in [1.165, 1.54) is 16.7 Å². The number of fused-ring (bicyclic) bond motifs is 3. The van der Waals surface area contributed by atoms with Crippen molar-refractivity contribution in [3.63, 3.8) is 0 Å². The highest BCUT2D eigenvalue weighted by molar-refractivity contribution is 5.87. The first-order valence-corrected chi connectivity index (χ1v) is 17.9. The normalized spacial score (nSPS) is 17.5. The minimum atomic E-state index is 0.0648. The Morgan fingerprint density at radius 3 is 1.85 bits per heavy atom. The van der Waals surface area contributed by atoms with Gasteiger partial charge in [0.05, 0.1) is 56.9 Å². The van der Waals surface area contributed by atoms with Gasteiger partial charge in [0.15, 0.2) is 46.0 Å². The van der Waals surface area contributed by atoms with E-state index in [0.717, 1.165) is 71.7 Å². The van der Waals surface area contributed by atoms with Crippen LogP contribution in [0.4, 0.5) is 0 Å². The number of hydrogen-bond acceptors (Lipinski definition) is 11. The molecule has 2 atom stereocenters. The van der Waals surface area contributed by atoms with Crippen LogP contribution in [0.1, 0.15) is 45.5 Å². The molecular formula is C42H50N2O9. The number of hydrogen-bond donors (Lipinski definition) is 0. The Labute approximate surface area is 312 Å². The highest BCUT2D eigenvalue weighted by atomic mass is 16.6. The summed E-state index contributed by atoms with van der Waals surface area (Å²) in [6.45, 7) is 1.80. The molecule has 53 heavy (non-hydrogen) atoms. The van der Waals surface area contributed by atoms with Gasteiger partial charge in [-0.15, -0.1) is 0 Å². The van der Waals surface area contributed by atoms with Crippen molar-refractivity contribution in [1.29, 1.82) is 0 Å². The van der Waals surface area contributed by atoms with Crippen molar-refractivity contribution in [3.8, 4) is 68.6 Å².